The largest absolute Gasteiger partial charge is 0.365 e. The Bertz CT molecular complexity index is 1240. The van der Waals surface area contributed by atoms with Gasteiger partial charge in [-0.3, -0.25) is 4.79 Å². The summed E-state index contributed by atoms with van der Waals surface area (Å²) < 4.78 is 0. The Labute approximate surface area is 162 Å². The molecular weight excluding hydrogens is 376 g/mol. The lowest BCUT2D eigenvalue weighted by molar-refractivity contribution is 0.1000. The van der Waals surface area contributed by atoms with Gasteiger partial charge < -0.3 is 15.9 Å². The number of hydrogen-bond donors (Lipinski definition) is 2. The molecule has 0 spiro atoms. The zero-order chi connectivity index (χ0) is 20.2. The second kappa shape index (κ2) is 7.50. The number of rotatable bonds is 6. The van der Waals surface area contributed by atoms with Gasteiger partial charge in [0.1, 0.15) is 16.6 Å². The number of primary amides is 1. The standard InChI is InChI=1S/C17H12N10O2/c18-15(28)12-9-20-17(29-27-14-4-2-1-3-13(14)24-26-27)22-16(12)21-10-5-7-11(8-6-10)23-25-19/h1-9H,(H2,18,28)(H,20,21,22). The molecule has 0 atom stereocenters. The molecule has 2 heterocycles. The second-order valence-electron chi connectivity index (χ2n) is 5.68. The summed E-state index contributed by atoms with van der Waals surface area (Å²) in [7, 11) is 0. The zero-order valence-corrected chi connectivity index (χ0v) is 14.7. The third kappa shape index (κ3) is 3.72. The summed E-state index contributed by atoms with van der Waals surface area (Å²) in [5, 5.41) is 14.4. The Morgan fingerprint density at radius 2 is 2.00 bits per heavy atom. The number of aromatic nitrogens is 5. The Kier molecular flexibility index (Phi) is 4.58. The van der Waals surface area contributed by atoms with Crippen molar-refractivity contribution >= 4 is 34.1 Å². The van der Waals surface area contributed by atoms with E-state index in [1.54, 1.807) is 36.4 Å². The molecule has 0 aliphatic heterocycles. The van der Waals surface area contributed by atoms with Crippen LogP contribution in [0.5, 0.6) is 6.01 Å². The molecule has 4 aromatic rings. The van der Waals surface area contributed by atoms with E-state index in [0.29, 0.717) is 22.4 Å². The lowest BCUT2D eigenvalue weighted by Crippen LogP contribution is -2.16. The average Bonchev–Trinajstić information content (AvgIpc) is 3.13. The van der Waals surface area contributed by atoms with E-state index in [9.17, 15) is 4.79 Å². The Morgan fingerprint density at radius 3 is 2.76 bits per heavy atom. The minimum Gasteiger partial charge on any atom is -0.365 e. The molecule has 0 aliphatic carbocycles. The van der Waals surface area contributed by atoms with E-state index >= 15 is 0 Å². The number of para-hydroxylation sites is 1. The Hall–Kier alpha value is -4.70. The van der Waals surface area contributed by atoms with Crippen LogP contribution in [-0.2, 0) is 0 Å². The maximum atomic E-state index is 11.7. The SMILES string of the molecule is [N-]=[N+]=Nc1ccc(Nc2nc(On3nnc4ccccc43)ncc2C(N)=O)cc1. The van der Waals surface area contributed by atoms with Crippen molar-refractivity contribution in [2.24, 2.45) is 10.8 Å². The molecule has 142 valence electrons. The highest BCUT2D eigenvalue weighted by molar-refractivity contribution is 5.98. The summed E-state index contributed by atoms with van der Waals surface area (Å²) >= 11 is 0. The minimum atomic E-state index is -0.712. The van der Waals surface area contributed by atoms with Gasteiger partial charge in [0.15, 0.2) is 5.82 Å². The maximum absolute atomic E-state index is 11.7. The molecule has 0 bridgehead atoms. The van der Waals surface area contributed by atoms with E-state index in [2.05, 4.69) is 35.6 Å². The molecule has 0 aliphatic rings. The van der Waals surface area contributed by atoms with E-state index < -0.39 is 5.91 Å². The van der Waals surface area contributed by atoms with Crippen molar-refractivity contribution in [1.82, 2.24) is 25.1 Å². The van der Waals surface area contributed by atoms with Crippen molar-refractivity contribution in [2.45, 2.75) is 0 Å². The first-order valence-electron chi connectivity index (χ1n) is 8.22. The Balaban J connectivity index is 1.65. The average molecular weight is 388 g/mol. The number of benzene rings is 2. The molecule has 12 heteroatoms. The van der Waals surface area contributed by atoms with Crippen molar-refractivity contribution in [2.75, 3.05) is 5.32 Å². The van der Waals surface area contributed by atoms with Crippen molar-refractivity contribution in [3.8, 4) is 6.01 Å². The molecule has 0 radical (unpaired) electrons. The van der Waals surface area contributed by atoms with Crippen LogP contribution in [0.1, 0.15) is 10.4 Å². The van der Waals surface area contributed by atoms with Gasteiger partial charge in [-0.15, -0.1) is 5.10 Å². The van der Waals surface area contributed by atoms with Gasteiger partial charge in [0.25, 0.3) is 5.91 Å². The zero-order valence-electron chi connectivity index (χ0n) is 14.7. The van der Waals surface area contributed by atoms with Crippen LogP contribution >= 0.6 is 0 Å². The first-order valence-corrected chi connectivity index (χ1v) is 8.22. The number of carbonyl (C=O) groups excluding carboxylic acids is 1. The van der Waals surface area contributed by atoms with Gasteiger partial charge in [-0.25, -0.2) is 4.98 Å². The van der Waals surface area contributed by atoms with Gasteiger partial charge in [0.05, 0.1) is 0 Å². The first kappa shape index (κ1) is 17.7. The third-order valence-electron chi connectivity index (χ3n) is 3.81. The number of fused-ring (bicyclic) bond motifs is 1. The van der Waals surface area contributed by atoms with Crippen LogP contribution < -0.4 is 15.9 Å². The lowest BCUT2D eigenvalue weighted by atomic mass is 10.2. The molecule has 3 N–H and O–H groups in total. The number of amides is 1. The summed E-state index contributed by atoms with van der Waals surface area (Å²) in [6, 6.07) is 13.6. The molecule has 2 aromatic heterocycles. The quantitative estimate of drug-likeness (QED) is 0.290. The van der Waals surface area contributed by atoms with Gasteiger partial charge >= 0.3 is 6.01 Å². The molecule has 29 heavy (non-hydrogen) atoms. The van der Waals surface area contributed by atoms with Gasteiger partial charge in [-0.2, -0.15) is 4.98 Å². The van der Waals surface area contributed by atoms with Gasteiger partial charge in [-0.05, 0) is 35.0 Å². The highest BCUT2D eigenvalue weighted by Crippen LogP contribution is 2.23. The molecule has 0 saturated heterocycles. The second-order valence-corrected chi connectivity index (χ2v) is 5.68. The van der Waals surface area contributed by atoms with Crippen LogP contribution in [0.3, 0.4) is 0 Å². The number of nitrogens with two attached hydrogens (primary N) is 1. The van der Waals surface area contributed by atoms with Crippen molar-refractivity contribution in [3.63, 3.8) is 0 Å². The first-order chi connectivity index (χ1) is 14.1. The van der Waals surface area contributed by atoms with Crippen LogP contribution in [0.4, 0.5) is 17.2 Å². The lowest BCUT2D eigenvalue weighted by Gasteiger charge is -2.10. The smallest absolute Gasteiger partial charge is 0.347 e. The molecular formula is C17H12N10O2. The molecule has 1 amide bonds. The normalized spacial score (nSPS) is 10.3. The number of nitrogens with one attached hydrogen (secondary N) is 1. The minimum absolute atomic E-state index is 0.0694. The van der Waals surface area contributed by atoms with E-state index in [-0.39, 0.29) is 17.4 Å². The summed E-state index contributed by atoms with van der Waals surface area (Å²) in [5.74, 6) is -0.570. The molecule has 0 fully saturated rings. The fourth-order valence-corrected chi connectivity index (χ4v) is 2.48. The van der Waals surface area contributed by atoms with Crippen LogP contribution in [0.25, 0.3) is 21.5 Å². The number of hydrogen-bond acceptors (Lipinski definition) is 8. The molecule has 2 aromatic carbocycles. The monoisotopic (exact) mass is 388 g/mol. The maximum Gasteiger partial charge on any atom is 0.347 e. The molecule has 0 saturated carbocycles. The van der Waals surface area contributed by atoms with E-state index in [1.807, 2.05) is 12.1 Å². The molecule has 12 nitrogen and oxygen atoms in total. The van der Waals surface area contributed by atoms with Gasteiger partial charge in [-0.1, -0.05) is 34.2 Å². The van der Waals surface area contributed by atoms with Gasteiger partial charge in [0.2, 0.25) is 0 Å². The molecule has 4 rings (SSSR count). The summed E-state index contributed by atoms with van der Waals surface area (Å²) in [6.45, 7) is 0. The van der Waals surface area contributed by atoms with Crippen molar-refractivity contribution < 1.29 is 9.63 Å². The number of anilines is 2. The summed E-state index contributed by atoms with van der Waals surface area (Å²) in [5.41, 5.74) is 16.2. The van der Waals surface area contributed by atoms with Crippen LogP contribution in [0.15, 0.2) is 59.8 Å². The van der Waals surface area contributed by atoms with E-state index in [1.165, 1.54) is 11.0 Å². The van der Waals surface area contributed by atoms with Gasteiger partial charge in [0, 0.05) is 22.5 Å². The number of azide groups is 1. The predicted octanol–water partition coefficient (Wildman–Crippen LogP) is 2.85. The molecule has 0 unspecified atom stereocenters. The summed E-state index contributed by atoms with van der Waals surface area (Å²) in [6.07, 6.45) is 1.25. The highest BCUT2D eigenvalue weighted by atomic mass is 16.7. The Morgan fingerprint density at radius 1 is 1.21 bits per heavy atom. The summed E-state index contributed by atoms with van der Waals surface area (Å²) in [4.78, 5) is 29.4. The van der Waals surface area contributed by atoms with Crippen molar-refractivity contribution in [1.29, 1.82) is 0 Å². The fraction of sp³-hybridized carbons (Fsp3) is 0. The van der Waals surface area contributed by atoms with Crippen LogP contribution in [0, 0.1) is 0 Å². The predicted molar refractivity (Wildman–Crippen MR) is 103 cm³/mol. The topological polar surface area (TPSA) is 170 Å². The van der Waals surface area contributed by atoms with Crippen LogP contribution in [-0.4, -0.2) is 31.0 Å². The van der Waals surface area contributed by atoms with Crippen molar-refractivity contribution in [3.05, 3.63) is 70.7 Å². The number of nitrogens with zero attached hydrogens (tertiary/aromatic N) is 8. The van der Waals surface area contributed by atoms with E-state index in [0.717, 1.165) is 0 Å². The fourth-order valence-electron chi connectivity index (χ4n) is 2.48. The number of carbonyl (C=O) groups is 1. The van der Waals surface area contributed by atoms with E-state index in [4.69, 9.17) is 16.1 Å². The van der Waals surface area contributed by atoms with Crippen LogP contribution in [0.2, 0.25) is 0 Å². The third-order valence-corrected chi connectivity index (χ3v) is 3.81. The highest BCUT2D eigenvalue weighted by Gasteiger charge is 2.15.